The minimum absolute atomic E-state index is 0.00651. The number of hydrogen-bond acceptors (Lipinski definition) is 4. The second-order valence-electron chi connectivity index (χ2n) is 6.85. The van der Waals surface area contributed by atoms with Crippen molar-refractivity contribution in [1.29, 1.82) is 0 Å². The van der Waals surface area contributed by atoms with Crippen LogP contribution in [0, 0.1) is 17.3 Å². The number of rotatable bonds is 5. The molecule has 1 aliphatic heterocycles. The molecule has 21 heavy (non-hydrogen) atoms. The highest BCUT2D eigenvalue weighted by Gasteiger charge is 2.68. The van der Waals surface area contributed by atoms with Gasteiger partial charge in [-0.3, -0.25) is 4.79 Å². The molecule has 4 nitrogen and oxygen atoms in total. The summed E-state index contributed by atoms with van der Waals surface area (Å²) in [5, 5.41) is 9.71. The third-order valence-corrected chi connectivity index (χ3v) is 4.98. The summed E-state index contributed by atoms with van der Waals surface area (Å²) in [4.78, 5) is 12.1. The number of aliphatic hydroxyl groups excluding tert-OH is 1. The van der Waals surface area contributed by atoms with Crippen molar-refractivity contribution < 1.29 is 19.4 Å². The lowest BCUT2D eigenvalue weighted by Gasteiger charge is -2.34. The first-order chi connectivity index (χ1) is 9.98. The zero-order chi connectivity index (χ0) is 15.1. The summed E-state index contributed by atoms with van der Waals surface area (Å²) >= 11 is 0. The third kappa shape index (κ3) is 2.58. The number of aliphatic hydroxyl groups is 1. The standard InChI is InChI=1S/C17H22O4/c1-16(2)13-8-17(10-18,21-15(19)14(13)16)11-20-9-12-6-4-3-5-7-12/h3-7,13-14,18H,8-11H2,1-2H3/t13?,14?,17-/m0/s1. The summed E-state index contributed by atoms with van der Waals surface area (Å²) in [7, 11) is 0. The van der Waals surface area contributed by atoms with Crippen molar-refractivity contribution in [3.63, 3.8) is 0 Å². The summed E-state index contributed by atoms with van der Waals surface area (Å²) < 4.78 is 11.2. The Morgan fingerprint density at radius 2 is 2.05 bits per heavy atom. The SMILES string of the molecule is CC1(C)C2C[C@](CO)(COCc3ccccc3)OC(=O)C21. The van der Waals surface area contributed by atoms with Crippen LogP contribution >= 0.6 is 0 Å². The van der Waals surface area contributed by atoms with Crippen molar-refractivity contribution in [2.24, 2.45) is 17.3 Å². The highest BCUT2D eigenvalue weighted by atomic mass is 16.6. The predicted molar refractivity (Wildman–Crippen MR) is 77.4 cm³/mol. The molecule has 1 saturated heterocycles. The third-order valence-electron chi connectivity index (χ3n) is 4.98. The Bertz CT molecular complexity index is 525. The van der Waals surface area contributed by atoms with Gasteiger partial charge in [0.15, 0.2) is 5.60 Å². The first-order valence-corrected chi connectivity index (χ1v) is 7.44. The molecule has 2 unspecified atom stereocenters. The molecule has 0 bridgehead atoms. The molecule has 3 atom stereocenters. The maximum absolute atomic E-state index is 12.1. The molecule has 2 aliphatic rings. The Balaban J connectivity index is 1.61. The van der Waals surface area contributed by atoms with Crippen LogP contribution in [0.3, 0.4) is 0 Å². The number of carbonyl (C=O) groups excluding carboxylic acids is 1. The number of cyclic esters (lactones) is 1. The van der Waals surface area contributed by atoms with Crippen molar-refractivity contribution in [1.82, 2.24) is 0 Å². The molecule has 1 saturated carbocycles. The molecular formula is C17H22O4. The topological polar surface area (TPSA) is 55.8 Å². The van der Waals surface area contributed by atoms with E-state index in [4.69, 9.17) is 9.47 Å². The molecule has 1 heterocycles. The minimum atomic E-state index is -0.874. The lowest BCUT2D eigenvalue weighted by molar-refractivity contribution is -0.184. The van der Waals surface area contributed by atoms with E-state index >= 15 is 0 Å². The number of ether oxygens (including phenoxy) is 2. The number of hydrogen-bond donors (Lipinski definition) is 1. The van der Waals surface area contributed by atoms with Gasteiger partial charge in [-0.2, -0.15) is 0 Å². The van der Waals surface area contributed by atoms with Crippen LogP contribution in [0.25, 0.3) is 0 Å². The first kappa shape index (κ1) is 14.5. The van der Waals surface area contributed by atoms with Gasteiger partial charge in [0.1, 0.15) is 0 Å². The Labute approximate surface area is 125 Å². The van der Waals surface area contributed by atoms with Gasteiger partial charge in [0, 0.05) is 0 Å². The van der Waals surface area contributed by atoms with Crippen LogP contribution in [0.1, 0.15) is 25.8 Å². The van der Waals surface area contributed by atoms with E-state index in [1.165, 1.54) is 0 Å². The van der Waals surface area contributed by atoms with Crippen LogP contribution in [0.4, 0.5) is 0 Å². The van der Waals surface area contributed by atoms with Crippen LogP contribution in [-0.2, 0) is 20.9 Å². The summed E-state index contributed by atoms with van der Waals surface area (Å²) in [6.45, 7) is 4.68. The van der Waals surface area contributed by atoms with Gasteiger partial charge in [-0.25, -0.2) is 0 Å². The smallest absolute Gasteiger partial charge is 0.310 e. The zero-order valence-corrected chi connectivity index (χ0v) is 12.5. The van der Waals surface area contributed by atoms with Crippen LogP contribution in [0.15, 0.2) is 30.3 Å². The minimum Gasteiger partial charge on any atom is -0.454 e. The van der Waals surface area contributed by atoms with Crippen molar-refractivity contribution in [2.45, 2.75) is 32.5 Å². The molecule has 2 fully saturated rings. The fraction of sp³-hybridized carbons (Fsp3) is 0.588. The van der Waals surface area contributed by atoms with Gasteiger partial charge >= 0.3 is 5.97 Å². The van der Waals surface area contributed by atoms with Crippen LogP contribution in [0.5, 0.6) is 0 Å². The maximum Gasteiger partial charge on any atom is 0.310 e. The summed E-state index contributed by atoms with van der Waals surface area (Å²) in [6, 6.07) is 9.84. The van der Waals surface area contributed by atoms with Crippen molar-refractivity contribution in [3.8, 4) is 0 Å². The van der Waals surface area contributed by atoms with Crippen molar-refractivity contribution >= 4 is 5.97 Å². The summed E-state index contributed by atoms with van der Waals surface area (Å²) in [5.41, 5.74) is 0.186. The number of esters is 1. The normalized spacial score (nSPS) is 33.2. The van der Waals surface area contributed by atoms with Gasteiger partial charge in [0.2, 0.25) is 0 Å². The molecule has 114 valence electrons. The fourth-order valence-electron chi connectivity index (χ4n) is 3.47. The van der Waals surface area contributed by atoms with Gasteiger partial charge in [0.25, 0.3) is 0 Å². The highest BCUT2D eigenvalue weighted by molar-refractivity contribution is 5.79. The van der Waals surface area contributed by atoms with E-state index in [0.29, 0.717) is 18.9 Å². The van der Waals surface area contributed by atoms with E-state index in [9.17, 15) is 9.90 Å². The Morgan fingerprint density at radius 1 is 1.33 bits per heavy atom. The second kappa shape index (κ2) is 5.11. The van der Waals surface area contributed by atoms with E-state index in [-0.39, 0.29) is 30.5 Å². The monoisotopic (exact) mass is 290 g/mol. The predicted octanol–water partition coefficient (Wildman–Crippen LogP) is 2.15. The lowest BCUT2D eigenvalue weighted by atomic mass is 9.93. The molecule has 4 heteroatoms. The van der Waals surface area contributed by atoms with Crippen LogP contribution in [0.2, 0.25) is 0 Å². The highest BCUT2D eigenvalue weighted by Crippen LogP contribution is 2.64. The first-order valence-electron chi connectivity index (χ1n) is 7.44. The van der Waals surface area contributed by atoms with Gasteiger partial charge in [-0.05, 0) is 23.3 Å². The molecule has 3 rings (SSSR count). The number of fused-ring (bicyclic) bond motifs is 1. The molecule has 0 amide bonds. The molecule has 0 radical (unpaired) electrons. The molecule has 0 spiro atoms. The Kier molecular flexibility index (Phi) is 3.54. The van der Waals surface area contributed by atoms with Crippen LogP contribution < -0.4 is 0 Å². The van der Waals surface area contributed by atoms with Crippen molar-refractivity contribution in [3.05, 3.63) is 35.9 Å². The Hall–Kier alpha value is -1.39. The van der Waals surface area contributed by atoms with Gasteiger partial charge in [-0.1, -0.05) is 44.2 Å². The average molecular weight is 290 g/mol. The Morgan fingerprint density at radius 3 is 2.67 bits per heavy atom. The van der Waals surface area contributed by atoms with Gasteiger partial charge < -0.3 is 14.6 Å². The lowest BCUT2D eigenvalue weighted by Crippen LogP contribution is -2.47. The van der Waals surface area contributed by atoms with Gasteiger partial charge in [0.05, 0.1) is 25.7 Å². The van der Waals surface area contributed by atoms with Crippen molar-refractivity contribution in [2.75, 3.05) is 13.2 Å². The zero-order valence-electron chi connectivity index (χ0n) is 12.5. The van der Waals surface area contributed by atoms with E-state index in [0.717, 1.165) is 5.56 Å². The number of carbonyl (C=O) groups is 1. The second-order valence-corrected chi connectivity index (χ2v) is 6.85. The van der Waals surface area contributed by atoms with Gasteiger partial charge in [-0.15, -0.1) is 0 Å². The quantitative estimate of drug-likeness (QED) is 0.844. The largest absolute Gasteiger partial charge is 0.454 e. The van der Waals surface area contributed by atoms with E-state index < -0.39 is 5.60 Å². The summed E-state index contributed by atoms with van der Waals surface area (Å²) in [5.74, 6) is 0.103. The van der Waals surface area contributed by atoms with E-state index in [1.54, 1.807) is 0 Å². The number of benzene rings is 1. The molecular weight excluding hydrogens is 268 g/mol. The maximum atomic E-state index is 12.1. The summed E-state index contributed by atoms with van der Waals surface area (Å²) in [6.07, 6.45) is 0.682. The van der Waals surface area contributed by atoms with E-state index in [2.05, 4.69) is 13.8 Å². The molecule has 0 aromatic heterocycles. The molecule has 1 aromatic carbocycles. The van der Waals surface area contributed by atoms with Crippen LogP contribution in [-0.4, -0.2) is 29.9 Å². The fourth-order valence-corrected chi connectivity index (χ4v) is 3.47. The van der Waals surface area contributed by atoms with E-state index in [1.807, 2.05) is 30.3 Å². The molecule has 1 aromatic rings. The molecule has 1 N–H and O–H groups in total. The average Bonchev–Trinajstić information content (AvgIpc) is 3.02. The molecule has 1 aliphatic carbocycles.